The Morgan fingerprint density at radius 2 is 1.83 bits per heavy atom. The average Bonchev–Trinajstić information content (AvgIpc) is 2.21. The van der Waals surface area contributed by atoms with Crippen LogP contribution in [0.5, 0.6) is 0 Å². The normalized spacial score (nSPS) is 14.6. The summed E-state index contributed by atoms with van der Waals surface area (Å²) in [7, 11) is -3.22. The third-order valence-corrected chi connectivity index (χ3v) is 6.24. The largest absolute Gasteiger partial charge is 0.326 e. The topological polar surface area (TPSA) is 60.2 Å². The first-order chi connectivity index (χ1) is 8.05. The second kappa shape index (κ2) is 5.37. The fourth-order valence-electron chi connectivity index (χ4n) is 1.44. The highest BCUT2D eigenvalue weighted by molar-refractivity contribution is 7.92. The van der Waals surface area contributed by atoms with Gasteiger partial charge in [0.25, 0.3) is 0 Å². The zero-order valence-electron chi connectivity index (χ0n) is 10.6. The van der Waals surface area contributed by atoms with Crippen LogP contribution in [0.2, 0.25) is 10.0 Å². The standard InChI is InChI=1S/C12H17Cl2NO2S/c1-12(2,18(3,16)17)11(15)7-8-4-5-9(13)10(14)6-8/h4-6,11H,7,15H2,1-3H3. The summed E-state index contributed by atoms with van der Waals surface area (Å²) in [5, 5.41) is 0.912. The van der Waals surface area contributed by atoms with Gasteiger partial charge in [0.1, 0.15) is 0 Å². The summed E-state index contributed by atoms with van der Waals surface area (Å²) in [6, 6.07) is 4.68. The zero-order chi connectivity index (χ0) is 14.1. The van der Waals surface area contributed by atoms with Gasteiger partial charge in [0.2, 0.25) is 0 Å². The van der Waals surface area contributed by atoms with Gasteiger partial charge in [0, 0.05) is 12.3 Å². The van der Waals surface area contributed by atoms with E-state index in [2.05, 4.69) is 0 Å². The van der Waals surface area contributed by atoms with Crippen LogP contribution in [0.3, 0.4) is 0 Å². The third-order valence-electron chi connectivity index (χ3n) is 3.29. The number of halogens is 2. The van der Waals surface area contributed by atoms with E-state index in [1.54, 1.807) is 32.0 Å². The summed E-state index contributed by atoms with van der Waals surface area (Å²) in [5.74, 6) is 0. The molecule has 102 valence electrons. The minimum Gasteiger partial charge on any atom is -0.326 e. The summed E-state index contributed by atoms with van der Waals surface area (Å²) >= 11 is 11.7. The molecule has 0 aliphatic carbocycles. The molecule has 1 atom stereocenters. The number of hydrogen-bond donors (Lipinski definition) is 1. The molecule has 0 heterocycles. The molecule has 0 aliphatic rings. The summed E-state index contributed by atoms with van der Waals surface area (Å²) in [5.41, 5.74) is 6.87. The van der Waals surface area contributed by atoms with Gasteiger partial charge in [-0.1, -0.05) is 29.3 Å². The molecular weight excluding hydrogens is 293 g/mol. The van der Waals surface area contributed by atoms with Gasteiger partial charge in [-0.2, -0.15) is 0 Å². The van der Waals surface area contributed by atoms with Crippen molar-refractivity contribution in [1.29, 1.82) is 0 Å². The van der Waals surface area contributed by atoms with Gasteiger partial charge in [0.05, 0.1) is 14.8 Å². The van der Waals surface area contributed by atoms with Crippen LogP contribution in [-0.4, -0.2) is 25.5 Å². The molecule has 0 bridgehead atoms. The van der Waals surface area contributed by atoms with E-state index in [9.17, 15) is 8.42 Å². The predicted octanol–water partition coefficient (Wildman–Crippen LogP) is 2.69. The van der Waals surface area contributed by atoms with Gasteiger partial charge < -0.3 is 5.73 Å². The molecule has 1 rings (SSSR count). The van der Waals surface area contributed by atoms with E-state index in [0.29, 0.717) is 16.5 Å². The molecule has 0 amide bonds. The van der Waals surface area contributed by atoms with Gasteiger partial charge in [-0.15, -0.1) is 0 Å². The van der Waals surface area contributed by atoms with Crippen LogP contribution in [-0.2, 0) is 16.3 Å². The molecule has 0 saturated carbocycles. The Labute approximate surface area is 118 Å². The van der Waals surface area contributed by atoms with E-state index in [0.717, 1.165) is 5.56 Å². The van der Waals surface area contributed by atoms with Crippen LogP contribution < -0.4 is 5.73 Å². The van der Waals surface area contributed by atoms with E-state index >= 15 is 0 Å². The fraction of sp³-hybridized carbons (Fsp3) is 0.500. The number of hydrogen-bond acceptors (Lipinski definition) is 3. The highest BCUT2D eigenvalue weighted by atomic mass is 35.5. The molecular formula is C12H17Cl2NO2S. The Balaban J connectivity index is 2.94. The van der Waals surface area contributed by atoms with E-state index in [1.165, 1.54) is 6.26 Å². The van der Waals surface area contributed by atoms with Crippen LogP contribution in [0.1, 0.15) is 19.4 Å². The van der Waals surface area contributed by atoms with Gasteiger partial charge in [0.15, 0.2) is 9.84 Å². The number of sulfone groups is 1. The maximum Gasteiger partial charge on any atom is 0.154 e. The Morgan fingerprint density at radius 3 is 2.28 bits per heavy atom. The van der Waals surface area contributed by atoms with Crippen molar-refractivity contribution in [2.45, 2.75) is 31.1 Å². The summed E-state index contributed by atoms with van der Waals surface area (Å²) < 4.78 is 22.4. The molecule has 0 radical (unpaired) electrons. The average molecular weight is 310 g/mol. The monoisotopic (exact) mass is 309 g/mol. The smallest absolute Gasteiger partial charge is 0.154 e. The van der Waals surface area contributed by atoms with Crippen molar-refractivity contribution >= 4 is 33.0 Å². The molecule has 3 nitrogen and oxygen atoms in total. The minimum absolute atomic E-state index is 0.428. The highest BCUT2D eigenvalue weighted by Crippen LogP contribution is 2.26. The lowest BCUT2D eigenvalue weighted by Crippen LogP contribution is -2.49. The van der Waals surface area contributed by atoms with Crippen molar-refractivity contribution in [3.63, 3.8) is 0 Å². The summed E-state index contributed by atoms with van der Waals surface area (Å²) in [4.78, 5) is 0. The molecule has 2 N–H and O–H groups in total. The van der Waals surface area contributed by atoms with E-state index in [4.69, 9.17) is 28.9 Å². The lowest BCUT2D eigenvalue weighted by Gasteiger charge is -2.29. The first-order valence-corrected chi connectivity index (χ1v) is 8.09. The molecule has 6 heteroatoms. The van der Waals surface area contributed by atoms with E-state index < -0.39 is 20.6 Å². The first kappa shape index (κ1) is 15.8. The van der Waals surface area contributed by atoms with Gasteiger partial charge in [-0.3, -0.25) is 0 Å². The molecule has 0 spiro atoms. The van der Waals surface area contributed by atoms with Gasteiger partial charge in [-0.05, 0) is 38.0 Å². The fourth-order valence-corrected chi connectivity index (χ4v) is 2.40. The zero-order valence-corrected chi connectivity index (χ0v) is 12.9. The maximum atomic E-state index is 11.7. The number of nitrogens with two attached hydrogens (primary N) is 1. The second-order valence-electron chi connectivity index (χ2n) is 4.93. The van der Waals surface area contributed by atoms with Crippen LogP contribution in [0.15, 0.2) is 18.2 Å². The molecule has 0 aliphatic heterocycles. The molecule has 0 saturated heterocycles. The Bertz CT molecular complexity index is 541. The lowest BCUT2D eigenvalue weighted by atomic mass is 9.96. The van der Waals surface area contributed by atoms with Gasteiger partial charge in [-0.25, -0.2) is 8.42 Å². The Hall–Kier alpha value is -0.290. The molecule has 1 aromatic rings. The Morgan fingerprint density at radius 1 is 1.28 bits per heavy atom. The van der Waals surface area contributed by atoms with Crippen molar-refractivity contribution in [3.8, 4) is 0 Å². The highest BCUT2D eigenvalue weighted by Gasteiger charge is 2.36. The molecule has 1 aromatic carbocycles. The van der Waals surface area contributed by atoms with Gasteiger partial charge >= 0.3 is 0 Å². The van der Waals surface area contributed by atoms with E-state index in [1.807, 2.05) is 0 Å². The van der Waals surface area contributed by atoms with Crippen LogP contribution in [0, 0.1) is 0 Å². The van der Waals surface area contributed by atoms with Crippen molar-refractivity contribution in [2.24, 2.45) is 5.73 Å². The lowest BCUT2D eigenvalue weighted by molar-refractivity contribution is 0.482. The van der Waals surface area contributed by atoms with Crippen molar-refractivity contribution in [2.75, 3.05) is 6.26 Å². The first-order valence-electron chi connectivity index (χ1n) is 5.45. The minimum atomic E-state index is -3.22. The van der Waals surface area contributed by atoms with Crippen LogP contribution in [0.4, 0.5) is 0 Å². The van der Waals surface area contributed by atoms with E-state index in [-0.39, 0.29) is 0 Å². The third kappa shape index (κ3) is 3.38. The van der Waals surface area contributed by atoms with Crippen molar-refractivity contribution in [1.82, 2.24) is 0 Å². The number of rotatable bonds is 4. The second-order valence-corrected chi connectivity index (χ2v) is 8.35. The molecule has 0 fully saturated rings. The summed E-state index contributed by atoms with van der Waals surface area (Å²) in [6.45, 7) is 3.26. The molecule has 18 heavy (non-hydrogen) atoms. The molecule has 1 unspecified atom stereocenters. The van der Waals surface area contributed by atoms with Crippen LogP contribution >= 0.6 is 23.2 Å². The summed E-state index contributed by atoms with van der Waals surface area (Å²) in [6.07, 6.45) is 1.62. The predicted molar refractivity (Wildman–Crippen MR) is 77.1 cm³/mol. The Kier molecular flexibility index (Phi) is 4.70. The van der Waals surface area contributed by atoms with Crippen LogP contribution in [0.25, 0.3) is 0 Å². The SMILES string of the molecule is CC(C)(C(N)Cc1ccc(Cl)c(Cl)c1)S(C)(=O)=O. The van der Waals surface area contributed by atoms with Crippen molar-refractivity contribution < 1.29 is 8.42 Å². The quantitative estimate of drug-likeness (QED) is 0.930. The molecule has 0 aromatic heterocycles. The maximum absolute atomic E-state index is 11.7. The number of benzene rings is 1. The van der Waals surface area contributed by atoms with Crippen molar-refractivity contribution in [3.05, 3.63) is 33.8 Å².